The molecule has 0 saturated heterocycles. The molecule has 0 aliphatic heterocycles. The van der Waals surface area contributed by atoms with E-state index >= 15 is 0 Å². The van der Waals surface area contributed by atoms with Crippen LogP contribution in [0.15, 0.2) is 67.1 Å². The Morgan fingerprint density at radius 2 is 1.82 bits per heavy atom. The van der Waals surface area contributed by atoms with Gasteiger partial charge in [-0.1, -0.05) is 12.1 Å². The van der Waals surface area contributed by atoms with Crippen molar-refractivity contribution in [1.29, 1.82) is 0 Å². The highest BCUT2D eigenvalue weighted by molar-refractivity contribution is 5.75. The second kappa shape index (κ2) is 5.15. The summed E-state index contributed by atoms with van der Waals surface area (Å²) in [5, 5.41) is 4.24. The minimum atomic E-state index is 0.841. The molecular weight excluding hydrogens is 272 g/mol. The molecule has 0 unspecified atom stereocenters. The Kier molecular flexibility index (Phi) is 3.00. The summed E-state index contributed by atoms with van der Waals surface area (Å²) >= 11 is 0. The van der Waals surface area contributed by atoms with Crippen LogP contribution in [0, 0.1) is 6.92 Å². The van der Waals surface area contributed by atoms with Gasteiger partial charge in [-0.2, -0.15) is 5.10 Å². The summed E-state index contributed by atoms with van der Waals surface area (Å²) in [6, 6.07) is 16.7. The van der Waals surface area contributed by atoms with Crippen molar-refractivity contribution in [2.24, 2.45) is 0 Å². The van der Waals surface area contributed by atoms with Crippen molar-refractivity contribution in [3.05, 3.63) is 78.4 Å². The minimum Gasteiger partial charge on any atom is -0.342 e. The van der Waals surface area contributed by atoms with Gasteiger partial charge in [-0.15, -0.1) is 0 Å². The van der Waals surface area contributed by atoms with Gasteiger partial charge >= 0.3 is 0 Å². The molecule has 4 nitrogen and oxygen atoms in total. The molecule has 0 spiro atoms. The third kappa shape index (κ3) is 2.29. The summed E-state index contributed by atoms with van der Waals surface area (Å²) in [6.07, 6.45) is 5.83. The lowest BCUT2D eigenvalue weighted by Gasteiger charge is -2.07. The lowest BCUT2D eigenvalue weighted by atomic mass is 10.2. The Hall–Kier alpha value is -2.88. The number of aryl methyl sites for hydroxylation is 1. The molecule has 0 aliphatic rings. The zero-order valence-electron chi connectivity index (χ0n) is 12.3. The van der Waals surface area contributed by atoms with Crippen LogP contribution >= 0.6 is 0 Å². The molecule has 0 bridgehead atoms. The van der Waals surface area contributed by atoms with Gasteiger partial charge in [-0.3, -0.25) is 4.98 Å². The van der Waals surface area contributed by atoms with Crippen LogP contribution in [-0.4, -0.2) is 19.3 Å². The first kappa shape index (κ1) is 12.8. The molecule has 0 saturated carbocycles. The SMILES string of the molecule is Cc1ccc2c(ccn2Cc2ccc(-n3cccn3)cc2)n1. The van der Waals surface area contributed by atoms with Crippen LogP contribution in [0.3, 0.4) is 0 Å². The van der Waals surface area contributed by atoms with E-state index in [1.165, 1.54) is 11.1 Å². The van der Waals surface area contributed by atoms with E-state index in [-0.39, 0.29) is 0 Å². The maximum Gasteiger partial charge on any atom is 0.0884 e. The smallest absolute Gasteiger partial charge is 0.0884 e. The number of hydrogen-bond donors (Lipinski definition) is 0. The van der Waals surface area contributed by atoms with E-state index in [0.29, 0.717) is 0 Å². The van der Waals surface area contributed by atoms with E-state index in [9.17, 15) is 0 Å². The number of rotatable bonds is 3. The summed E-state index contributed by atoms with van der Waals surface area (Å²) in [5.74, 6) is 0. The van der Waals surface area contributed by atoms with Gasteiger partial charge in [-0.05, 0) is 48.9 Å². The second-order valence-corrected chi connectivity index (χ2v) is 5.42. The van der Waals surface area contributed by atoms with Crippen LogP contribution < -0.4 is 0 Å². The highest BCUT2D eigenvalue weighted by Crippen LogP contribution is 2.17. The summed E-state index contributed by atoms with van der Waals surface area (Å²) in [5.41, 5.74) is 5.60. The standard InChI is InChI=1S/C18H16N4/c1-14-3-8-18-17(20-14)9-12-21(18)13-15-4-6-16(7-5-15)22-11-2-10-19-22/h2-12H,13H2,1H3. The van der Waals surface area contributed by atoms with Crippen LogP contribution in [0.2, 0.25) is 0 Å². The molecule has 108 valence electrons. The summed E-state index contributed by atoms with van der Waals surface area (Å²) < 4.78 is 4.09. The van der Waals surface area contributed by atoms with Gasteiger partial charge in [0, 0.05) is 30.8 Å². The maximum atomic E-state index is 4.55. The fourth-order valence-electron chi connectivity index (χ4n) is 2.69. The minimum absolute atomic E-state index is 0.841. The second-order valence-electron chi connectivity index (χ2n) is 5.42. The van der Waals surface area contributed by atoms with Gasteiger partial charge in [0.2, 0.25) is 0 Å². The van der Waals surface area contributed by atoms with Gasteiger partial charge in [0.05, 0.1) is 16.7 Å². The van der Waals surface area contributed by atoms with Crippen LogP contribution in [-0.2, 0) is 6.54 Å². The summed E-state index contributed by atoms with van der Waals surface area (Å²) in [4.78, 5) is 4.55. The molecule has 0 N–H and O–H groups in total. The number of nitrogens with zero attached hydrogens (tertiary/aromatic N) is 4. The largest absolute Gasteiger partial charge is 0.342 e. The molecule has 0 amide bonds. The Labute approximate surface area is 128 Å². The highest BCUT2D eigenvalue weighted by Gasteiger charge is 2.04. The van der Waals surface area contributed by atoms with E-state index < -0.39 is 0 Å². The van der Waals surface area contributed by atoms with Crippen molar-refractivity contribution < 1.29 is 0 Å². The summed E-state index contributed by atoms with van der Waals surface area (Å²) in [7, 11) is 0. The zero-order valence-corrected chi connectivity index (χ0v) is 12.3. The molecule has 0 aliphatic carbocycles. The third-order valence-electron chi connectivity index (χ3n) is 3.82. The summed E-state index contributed by atoms with van der Waals surface area (Å²) in [6.45, 7) is 2.86. The number of aromatic nitrogens is 4. The zero-order chi connectivity index (χ0) is 14.9. The molecule has 0 fully saturated rings. The Morgan fingerprint density at radius 3 is 2.59 bits per heavy atom. The van der Waals surface area contributed by atoms with Crippen molar-refractivity contribution >= 4 is 11.0 Å². The average molecular weight is 288 g/mol. The van der Waals surface area contributed by atoms with E-state index in [1.54, 1.807) is 6.20 Å². The topological polar surface area (TPSA) is 35.6 Å². The molecule has 4 heteroatoms. The third-order valence-corrected chi connectivity index (χ3v) is 3.82. The number of benzene rings is 1. The fraction of sp³-hybridized carbons (Fsp3) is 0.111. The van der Waals surface area contributed by atoms with E-state index in [2.05, 4.69) is 63.3 Å². The van der Waals surface area contributed by atoms with Crippen LogP contribution in [0.4, 0.5) is 0 Å². The van der Waals surface area contributed by atoms with Gasteiger partial charge in [0.15, 0.2) is 0 Å². The highest BCUT2D eigenvalue weighted by atomic mass is 15.3. The van der Waals surface area contributed by atoms with Crippen molar-refractivity contribution in [3.8, 4) is 5.69 Å². The molecular formula is C18H16N4. The van der Waals surface area contributed by atoms with Crippen molar-refractivity contribution in [1.82, 2.24) is 19.3 Å². The van der Waals surface area contributed by atoms with Gasteiger partial charge in [-0.25, -0.2) is 4.68 Å². The molecule has 4 aromatic rings. The first-order valence-corrected chi connectivity index (χ1v) is 7.31. The van der Waals surface area contributed by atoms with Crippen molar-refractivity contribution in [2.45, 2.75) is 13.5 Å². The predicted molar refractivity (Wildman–Crippen MR) is 87.1 cm³/mol. The molecule has 4 rings (SSSR count). The van der Waals surface area contributed by atoms with Crippen LogP contribution in [0.25, 0.3) is 16.7 Å². The number of hydrogen-bond acceptors (Lipinski definition) is 2. The fourth-order valence-corrected chi connectivity index (χ4v) is 2.69. The molecule has 3 heterocycles. The first-order valence-electron chi connectivity index (χ1n) is 7.31. The van der Waals surface area contributed by atoms with Gasteiger partial charge < -0.3 is 4.57 Å². The van der Waals surface area contributed by atoms with E-state index in [0.717, 1.165) is 23.4 Å². The molecule has 0 atom stereocenters. The molecule has 0 radical (unpaired) electrons. The number of fused-ring (bicyclic) bond motifs is 1. The lowest BCUT2D eigenvalue weighted by molar-refractivity contribution is 0.832. The Bertz CT molecular complexity index is 902. The first-order chi connectivity index (χ1) is 10.8. The molecule has 1 aromatic carbocycles. The van der Waals surface area contributed by atoms with Crippen LogP contribution in [0.5, 0.6) is 0 Å². The average Bonchev–Trinajstić information content (AvgIpc) is 3.18. The predicted octanol–water partition coefficient (Wildman–Crippen LogP) is 3.58. The monoisotopic (exact) mass is 288 g/mol. The molecule has 3 aromatic heterocycles. The Morgan fingerprint density at radius 1 is 0.955 bits per heavy atom. The maximum absolute atomic E-state index is 4.55. The normalized spacial score (nSPS) is 11.1. The van der Waals surface area contributed by atoms with Gasteiger partial charge in [0.1, 0.15) is 0 Å². The number of pyridine rings is 1. The van der Waals surface area contributed by atoms with E-state index in [4.69, 9.17) is 0 Å². The van der Waals surface area contributed by atoms with Crippen molar-refractivity contribution in [2.75, 3.05) is 0 Å². The Balaban J connectivity index is 1.62. The van der Waals surface area contributed by atoms with Crippen molar-refractivity contribution in [3.63, 3.8) is 0 Å². The quantitative estimate of drug-likeness (QED) is 0.577. The van der Waals surface area contributed by atoms with Crippen LogP contribution in [0.1, 0.15) is 11.3 Å². The molecule has 22 heavy (non-hydrogen) atoms. The van der Waals surface area contributed by atoms with E-state index in [1.807, 2.05) is 23.9 Å². The van der Waals surface area contributed by atoms with Gasteiger partial charge in [0.25, 0.3) is 0 Å². The lowest BCUT2D eigenvalue weighted by Crippen LogP contribution is -1.99.